The predicted octanol–water partition coefficient (Wildman–Crippen LogP) is 2.86. The van der Waals surface area contributed by atoms with Crippen LogP contribution in [0.2, 0.25) is 0 Å². The number of aliphatic hydroxyl groups is 1. The number of phenolic OH excluding ortho intramolecular Hbond substituents is 2. The molecule has 0 aliphatic heterocycles. The normalized spacial score (nSPS) is 12.4. The molecule has 0 unspecified atom stereocenters. The van der Waals surface area contributed by atoms with E-state index in [4.69, 9.17) is 5.11 Å². The van der Waals surface area contributed by atoms with E-state index in [0.29, 0.717) is 37.4 Å². The predicted molar refractivity (Wildman–Crippen MR) is 124 cm³/mol. The molecule has 8 heteroatoms. The van der Waals surface area contributed by atoms with Crippen molar-refractivity contribution in [2.45, 2.75) is 32.6 Å². The summed E-state index contributed by atoms with van der Waals surface area (Å²) in [5.74, 6) is -1.68. The quantitative estimate of drug-likeness (QED) is 0.187. The van der Waals surface area contributed by atoms with E-state index in [2.05, 4.69) is 22.9 Å². The van der Waals surface area contributed by atoms with E-state index in [9.17, 15) is 19.8 Å². The molecule has 8 nitrogen and oxygen atoms in total. The van der Waals surface area contributed by atoms with Crippen LogP contribution in [0.3, 0.4) is 0 Å². The number of carbonyl (C=O) groups excluding carboxylic acids is 2. The van der Waals surface area contributed by atoms with Gasteiger partial charge < -0.3 is 31.3 Å². The summed E-state index contributed by atoms with van der Waals surface area (Å²) in [6.07, 6.45) is 3.34. The number of benzene rings is 2. The third-order valence-corrected chi connectivity index (χ3v) is 5.47. The zero-order chi connectivity index (χ0) is 23.1. The Hall–Kier alpha value is -3.10. The van der Waals surface area contributed by atoms with Crippen LogP contribution in [0.25, 0.3) is 0 Å². The van der Waals surface area contributed by atoms with Gasteiger partial charge in [0.05, 0.1) is 22.3 Å². The van der Waals surface area contributed by atoms with Crippen molar-refractivity contribution < 1.29 is 24.9 Å². The molecule has 3 rings (SSSR count). The average Bonchev–Trinajstić information content (AvgIpc) is 2.78. The second-order valence-electron chi connectivity index (χ2n) is 7.81. The maximum absolute atomic E-state index is 13.4. The Labute approximate surface area is 187 Å². The van der Waals surface area contributed by atoms with Crippen molar-refractivity contribution in [1.82, 2.24) is 5.32 Å². The van der Waals surface area contributed by atoms with Gasteiger partial charge in [0, 0.05) is 37.6 Å². The van der Waals surface area contributed by atoms with E-state index in [1.54, 1.807) is 12.1 Å². The molecule has 0 saturated carbocycles. The van der Waals surface area contributed by atoms with Crippen molar-refractivity contribution in [2.24, 2.45) is 0 Å². The molecule has 1 aliphatic rings. The summed E-state index contributed by atoms with van der Waals surface area (Å²) in [5, 5.41) is 39.3. The van der Waals surface area contributed by atoms with Gasteiger partial charge in [-0.25, -0.2) is 0 Å². The summed E-state index contributed by atoms with van der Waals surface area (Å²) < 4.78 is 0. The zero-order valence-corrected chi connectivity index (χ0v) is 18.3. The number of carbonyl (C=O) groups is 2. The monoisotopic (exact) mass is 441 g/mol. The second-order valence-corrected chi connectivity index (χ2v) is 7.81. The number of rotatable bonds is 12. The van der Waals surface area contributed by atoms with Crippen molar-refractivity contribution in [3.63, 3.8) is 0 Å². The highest BCUT2D eigenvalue weighted by atomic mass is 16.3. The minimum Gasteiger partial charge on any atom is -0.507 e. The summed E-state index contributed by atoms with van der Waals surface area (Å²) in [5.41, 5.74) is 1.06. The summed E-state index contributed by atoms with van der Waals surface area (Å²) in [4.78, 5) is 26.8. The van der Waals surface area contributed by atoms with Gasteiger partial charge in [0.25, 0.3) is 0 Å². The molecule has 32 heavy (non-hydrogen) atoms. The summed E-state index contributed by atoms with van der Waals surface area (Å²) in [6, 6.07) is 5.94. The van der Waals surface area contributed by atoms with Crippen LogP contribution in [0.4, 0.5) is 11.4 Å². The molecule has 6 N–H and O–H groups in total. The number of nitrogens with one attached hydrogen (secondary N) is 3. The molecule has 2 aromatic carbocycles. The van der Waals surface area contributed by atoms with Gasteiger partial charge in [-0.05, 0) is 56.5 Å². The van der Waals surface area contributed by atoms with Crippen LogP contribution in [0, 0.1) is 0 Å². The fraction of sp³-hybridized carbons (Fsp3) is 0.417. The molecule has 1 aliphatic carbocycles. The first-order chi connectivity index (χ1) is 15.5. The van der Waals surface area contributed by atoms with Gasteiger partial charge in [0.2, 0.25) is 11.6 Å². The Morgan fingerprint density at radius 3 is 1.78 bits per heavy atom. The smallest absolute Gasteiger partial charge is 0.200 e. The summed E-state index contributed by atoms with van der Waals surface area (Å²) >= 11 is 0. The molecular weight excluding hydrogens is 410 g/mol. The van der Waals surface area contributed by atoms with Gasteiger partial charge in [-0.15, -0.1) is 0 Å². The highest BCUT2D eigenvalue weighted by molar-refractivity contribution is 6.33. The van der Waals surface area contributed by atoms with Crippen LogP contribution in [-0.2, 0) is 0 Å². The minimum atomic E-state index is -0.506. The maximum atomic E-state index is 13.4. The number of aromatic hydroxyl groups is 2. The second kappa shape index (κ2) is 11.0. The van der Waals surface area contributed by atoms with Gasteiger partial charge in [0.1, 0.15) is 11.5 Å². The summed E-state index contributed by atoms with van der Waals surface area (Å²) in [6.45, 7) is 4.92. The average molecular weight is 442 g/mol. The Balaban J connectivity index is 1.97. The van der Waals surface area contributed by atoms with Crippen LogP contribution >= 0.6 is 0 Å². The Morgan fingerprint density at radius 1 is 0.688 bits per heavy atom. The zero-order valence-electron chi connectivity index (χ0n) is 18.3. The topological polar surface area (TPSA) is 131 Å². The molecule has 0 heterocycles. The number of hydrogen-bond donors (Lipinski definition) is 6. The van der Waals surface area contributed by atoms with Crippen molar-refractivity contribution in [2.75, 3.05) is 43.4 Å². The van der Waals surface area contributed by atoms with Gasteiger partial charge in [0.15, 0.2) is 0 Å². The number of ketones is 2. The van der Waals surface area contributed by atoms with Gasteiger partial charge >= 0.3 is 0 Å². The standard InChI is InChI=1S/C24H31N3O5/c1-2-10-25-12-13-27-16-7-6-15(26-11-4-3-5-14-28)19-20(16)24(32)22-18(30)9-8-17(29)21(22)23(19)31/h6-9,25-30H,2-5,10-14H2,1H3. The number of phenols is 2. The number of aliphatic hydroxyl groups excluding tert-OH is 1. The number of anilines is 2. The van der Waals surface area contributed by atoms with Crippen LogP contribution in [0.5, 0.6) is 11.5 Å². The van der Waals surface area contributed by atoms with Crippen molar-refractivity contribution in [1.29, 1.82) is 0 Å². The molecule has 0 saturated heterocycles. The third kappa shape index (κ3) is 4.87. The lowest BCUT2D eigenvalue weighted by atomic mass is 9.81. The largest absolute Gasteiger partial charge is 0.507 e. The summed E-state index contributed by atoms with van der Waals surface area (Å²) in [7, 11) is 0. The Bertz CT molecular complexity index is 912. The Morgan fingerprint density at radius 2 is 1.25 bits per heavy atom. The van der Waals surface area contributed by atoms with E-state index in [1.807, 2.05) is 0 Å². The van der Waals surface area contributed by atoms with Crippen LogP contribution < -0.4 is 16.0 Å². The first-order valence-electron chi connectivity index (χ1n) is 11.1. The van der Waals surface area contributed by atoms with Crippen molar-refractivity contribution >= 4 is 22.9 Å². The van der Waals surface area contributed by atoms with E-state index in [1.165, 1.54) is 12.1 Å². The molecule has 0 spiro atoms. The maximum Gasteiger partial charge on any atom is 0.200 e. The molecule has 0 amide bonds. The molecule has 0 bridgehead atoms. The van der Waals surface area contributed by atoms with E-state index in [0.717, 1.165) is 25.8 Å². The van der Waals surface area contributed by atoms with E-state index >= 15 is 0 Å². The first kappa shape index (κ1) is 23.6. The van der Waals surface area contributed by atoms with Crippen molar-refractivity contribution in [3.8, 4) is 11.5 Å². The van der Waals surface area contributed by atoms with Gasteiger partial charge in [-0.3, -0.25) is 9.59 Å². The van der Waals surface area contributed by atoms with E-state index in [-0.39, 0.29) is 40.4 Å². The van der Waals surface area contributed by atoms with E-state index < -0.39 is 11.6 Å². The van der Waals surface area contributed by atoms with Crippen LogP contribution in [0.1, 0.15) is 64.4 Å². The fourth-order valence-corrected chi connectivity index (χ4v) is 3.88. The molecule has 0 radical (unpaired) electrons. The lowest BCUT2D eigenvalue weighted by Crippen LogP contribution is -2.27. The SMILES string of the molecule is CCCNCCNc1ccc(NCCCCCO)c2c1C(=O)c1c(O)ccc(O)c1C2=O. The van der Waals surface area contributed by atoms with Crippen molar-refractivity contribution in [3.05, 3.63) is 46.5 Å². The lowest BCUT2D eigenvalue weighted by Gasteiger charge is -2.25. The molecular formula is C24H31N3O5. The van der Waals surface area contributed by atoms with Gasteiger partial charge in [-0.1, -0.05) is 6.92 Å². The third-order valence-electron chi connectivity index (χ3n) is 5.47. The van der Waals surface area contributed by atoms with Crippen LogP contribution in [0.15, 0.2) is 24.3 Å². The number of fused-ring (bicyclic) bond motifs is 2. The molecule has 0 aromatic heterocycles. The lowest BCUT2D eigenvalue weighted by molar-refractivity contribution is 0.0975. The molecule has 0 fully saturated rings. The number of hydrogen-bond acceptors (Lipinski definition) is 8. The molecule has 0 atom stereocenters. The Kier molecular flexibility index (Phi) is 8.08. The highest BCUT2D eigenvalue weighted by Crippen LogP contribution is 2.42. The fourth-order valence-electron chi connectivity index (χ4n) is 3.88. The van der Waals surface area contributed by atoms with Crippen LogP contribution in [-0.4, -0.2) is 59.7 Å². The molecule has 2 aromatic rings. The highest BCUT2D eigenvalue weighted by Gasteiger charge is 2.37. The van der Waals surface area contributed by atoms with Gasteiger partial charge in [-0.2, -0.15) is 0 Å². The minimum absolute atomic E-state index is 0.134. The first-order valence-corrected chi connectivity index (χ1v) is 11.1. The molecule has 172 valence electrons. The number of unbranched alkanes of at least 4 members (excludes halogenated alkanes) is 2.